The van der Waals surface area contributed by atoms with Gasteiger partial charge in [-0.2, -0.15) is 0 Å². The molecular weight excluding hydrogens is 195 g/mol. The molecule has 0 N–H and O–H groups in total. The van der Waals surface area contributed by atoms with Crippen LogP contribution in [0.3, 0.4) is 0 Å². The Morgan fingerprint density at radius 1 is 1.38 bits per heavy atom. The Hall–Kier alpha value is -0.150. The van der Waals surface area contributed by atoms with E-state index in [1.807, 2.05) is 0 Å². The minimum Gasteiger partial charge on any atom is -0.449 e. The summed E-state index contributed by atoms with van der Waals surface area (Å²) in [6.45, 7) is 0. The molecular formula is C4H2BrClO2. The van der Waals surface area contributed by atoms with E-state index < -0.39 is 0 Å². The van der Waals surface area contributed by atoms with Crippen molar-refractivity contribution < 1.29 is 9.47 Å². The molecule has 0 unspecified atom stereocenters. The van der Waals surface area contributed by atoms with Gasteiger partial charge in [0.15, 0.2) is 0 Å². The summed E-state index contributed by atoms with van der Waals surface area (Å²) in [6, 6.07) is 0. The fourth-order valence-corrected chi connectivity index (χ4v) is 0.565. The van der Waals surface area contributed by atoms with Crippen LogP contribution < -0.4 is 0 Å². The second kappa shape index (κ2) is 2.42. The SMILES string of the molecule is ClC1=C(Br)OC=CO1. The molecule has 2 nitrogen and oxygen atoms in total. The highest BCUT2D eigenvalue weighted by Gasteiger charge is 2.04. The molecule has 0 saturated carbocycles. The Morgan fingerprint density at radius 2 is 2.00 bits per heavy atom. The normalized spacial score (nSPS) is 17.8. The number of halogens is 2. The van der Waals surface area contributed by atoms with Crippen molar-refractivity contribution in [3.63, 3.8) is 0 Å². The predicted octanol–water partition coefficient (Wildman–Crippen LogP) is 2.26. The molecule has 0 aromatic carbocycles. The quantitative estimate of drug-likeness (QED) is 0.593. The average molecular weight is 197 g/mol. The minimum absolute atomic E-state index is 0.215. The minimum atomic E-state index is 0.215. The van der Waals surface area contributed by atoms with Gasteiger partial charge in [-0.15, -0.1) is 0 Å². The molecule has 1 aliphatic heterocycles. The van der Waals surface area contributed by atoms with E-state index in [2.05, 4.69) is 20.7 Å². The predicted molar refractivity (Wildman–Crippen MR) is 33.1 cm³/mol. The van der Waals surface area contributed by atoms with Crippen molar-refractivity contribution in [2.75, 3.05) is 0 Å². The van der Waals surface area contributed by atoms with Gasteiger partial charge >= 0.3 is 0 Å². The third-order valence-electron chi connectivity index (χ3n) is 0.553. The van der Waals surface area contributed by atoms with Gasteiger partial charge in [-0.1, -0.05) is 0 Å². The van der Waals surface area contributed by atoms with Crippen LogP contribution >= 0.6 is 27.5 Å². The Morgan fingerprint density at radius 3 is 2.38 bits per heavy atom. The van der Waals surface area contributed by atoms with Gasteiger partial charge in [-0.05, 0) is 27.5 Å². The van der Waals surface area contributed by atoms with E-state index in [4.69, 9.17) is 16.3 Å². The zero-order chi connectivity index (χ0) is 5.98. The molecule has 0 fully saturated rings. The summed E-state index contributed by atoms with van der Waals surface area (Å²) in [5.41, 5.74) is 0. The van der Waals surface area contributed by atoms with Gasteiger partial charge in [0.1, 0.15) is 12.5 Å². The highest BCUT2D eigenvalue weighted by Crippen LogP contribution is 2.21. The van der Waals surface area contributed by atoms with E-state index in [0.717, 1.165) is 0 Å². The second-order valence-corrected chi connectivity index (χ2v) is 2.12. The molecule has 1 heterocycles. The van der Waals surface area contributed by atoms with E-state index >= 15 is 0 Å². The van der Waals surface area contributed by atoms with Crippen molar-refractivity contribution in [2.24, 2.45) is 0 Å². The van der Waals surface area contributed by atoms with Gasteiger partial charge in [-0.25, -0.2) is 0 Å². The van der Waals surface area contributed by atoms with Crippen molar-refractivity contribution in [1.82, 2.24) is 0 Å². The molecule has 0 bridgehead atoms. The monoisotopic (exact) mass is 196 g/mol. The Kier molecular flexibility index (Phi) is 1.81. The average Bonchev–Trinajstić information content (AvgIpc) is 1.77. The molecule has 0 atom stereocenters. The van der Waals surface area contributed by atoms with Crippen LogP contribution in [-0.2, 0) is 9.47 Å². The fraction of sp³-hybridized carbons (Fsp3) is 0. The standard InChI is InChI=1S/C4H2BrClO2/c5-3-4(6)8-2-1-7-3/h1-2H. The van der Waals surface area contributed by atoms with E-state index in [-0.39, 0.29) is 5.22 Å². The second-order valence-electron chi connectivity index (χ2n) is 1.06. The molecule has 1 aliphatic rings. The summed E-state index contributed by atoms with van der Waals surface area (Å²) in [5, 5.41) is 0.215. The summed E-state index contributed by atoms with van der Waals surface area (Å²) in [5.74, 6) is 0. The van der Waals surface area contributed by atoms with Crippen molar-refractivity contribution in [1.29, 1.82) is 0 Å². The Labute approximate surface area is 59.8 Å². The van der Waals surface area contributed by atoms with Crippen LogP contribution in [0.15, 0.2) is 22.4 Å². The van der Waals surface area contributed by atoms with Crippen molar-refractivity contribution in [2.45, 2.75) is 0 Å². The van der Waals surface area contributed by atoms with Gasteiger partial charge in [0.05, 0.1) is 0 Å². The summed E-state index contributed by atoms with van der Waals surface area (Å²) in [7, 11) is 0. The van der Waals surface area contributed by atoms with Gasteiger partial charge in [0, 0.05) is 0 Å². The lowest BCUT2D eigenvalue weighted by atomic mass is 10.9. The van der Waals surface area contributed by atoms with Crippen LogP contribution in [0.5, 0.6) is 0 Å². The van der Waals surface area contributed by atoms with Gasteiger partial charge in [0.2, 0.25) is 9.89 Å². The molecule has 0 amide bonds. The number of rotatable bonds is 0. The van der Waals surface area contributed by atoms with Crippen LogP contribution in [0, 0.1) is 0 Å². The van der Waals surface area contributed by atoms with E-state index in [9.17, 15) is 0 Å². The first-order chi connectivity index (χ1) is 3.80. The van der Waals surface area contributed by atoms with Gasteiger partial charge in [-0.3, -0.25) is 0 Å². The van der Waals surface area contributed by atoms with Crippen LogP contribution in [0.2, 0.25) is 0 Å². The number of hydrogen-bond donors (Lipinski definition) is 0. The first-order valence-electron chi connectivity index (χ1n) is 1.84. The lowest BCUT2D eigenvalue weighted by Gasteiger charge is -2.05. The third-order valence-corrected chi connectivity index (χ3v) is 1.59. The molecule has 0 aliphatic carbocycles. The highest BCUT2D eigenvalue weighted by atomic mass is 79.9. The molecule has 1 rings (SSSR count). The van der Waals surface area contributed by atoms with E-state index in [0.29, 0.717) is 4.67 Å². The van der Waals surface area contributed by atoms with Crippen LogP contribution in [0.1, 0.15) is 0 Å². The lowest BCUT2D eigenvalue weighted by molar-refractivity contribution is 0.272. The number of ether oxygens (including phenoxy) is 2. The van der Waals surface area contributed by atoms with Crippen molar-refractivity contribution in [3.05, 3.63) is 22.4 Å². The Bertz CT molecular complexity index is 136. The molecule has 0 radical (unpaired) electrons. The van der Waals surface area contributed by atoms with Crippen molar-refractivity contribution in [3.8, 4) is 0 Å². The van der Waals surface area contributed by atoms with Crippen LogP contribution in [-0.4, -0.2) is 0 Å². The highest BCUT2D eigenvalue weighted by molar-refractivity contribution is 9.11. The Balaban J connectivity index is 2.67. The lowest BCUT2D eigenvalue weighted by Crippen LogP contribution is -1.88. The molecule has 0 saturated heterocycles. The summed E-state index contributed by atoms with van der Waals surface area (Å²) < 4.78 is 9.84. The van der Waals surface area contributed by atoms with E-state index in [1.54, 1.807) is 0 Å². The maximum absolute atomic E-state index is 5.40. The zero-order valence-electron chi connectivity index (χ0n) is 3.73. The molecule has 0 spiro atoms. The summed E-state index contributed by atoms with van der Waals surface area (Å²) in [6.07, 6.45) is 2.74. The first kappa shape index (κ1) is 5.98. The number of hydrogen-bond acceptors (Lipinski definition) is 2. The summed E-state index contributed by atoms with van der Waals surface area (Å²) in [4.78, 5) is 0. The first-order valence-corrected chi connectivity index (χ1v) is 3.01. The largest absolute Gasteiger partial charge is 0.449 e. The molecule has 0 aromatic heterocycles. The smallest absolute Gasteiger partial charge is 0.243 e. The molecule has 44 valence electrons. The summed E-state index contributed by atoms with van der Waals surface area (Å²) >= 11 is 8.40. The molecule has 8 heavy (non-hydrogen) atoms. The zero-order valence-corrected chi connectivity index (χ0v) is 6.07. The molecule has 0 aromatic rings. The van der Waals surface area contributed by atoms with E-state index in [1.165, 1.54) is 12.5 Å². The topological polar surface area (TPSA) is 18.5 Å². The van der Waals surface area contributed by atoms with Crippen molar-refractivity contribution >= 4 is 27.5 Å². The van der Waals surface area contributed by atoms with Crippen LogP contribution in [0.25, 0.3) is 0 Å². The third kappa shape index (κ3) is 1.17. The maximum atomic E-state index is 5.40. The van der Waals surface area contributed by atoms with Gasteiger partial charge in [0.25, 0.3) is 0 Å². The van der Waals surface area contributed by atoms with Gasteiger partial charge < -0.3 is 9.47 Å². The van der Waals surface area contributed by atoms with Crippen LogP contribution in [0.4, 0.5) is 0 Å². The molecule has 4 heteroatoms. The fourth-order valence-electron chi connectivity index (χ4n) is 0.268. The maximum Gasteiger partial charge on any atom is 0.243 e.